The van der Waals surface area contributed by atoms with Crippen molar-refractivity contribution in [1.82, 2.24) is 9.55 Å². The van der Waals surface area contributed by atoms with E-state index in [2.05, 4.69) is 10.3 Å². The van der Waals surface area contributed by atoms with Crippen LogP contribution in [0.4, 0.5) is 5.69 Å². The highest BCUT2D eigenvalue weighted by molar-refractivity contribution is 7.17. The minimum atomic E-state index is -1.20. The van der Waals surface area contributed by atoms with E-state index in [-0.39, 0.29) is 23.4 Å². The second-order valence-electron chi connectivity index (χ2n) is 6.21. The molecule has 3 rings (SSSR count). The summed E-state index contributed by atoms with van der Waals surface area (Å²) in [5.41, 5.74) is -0.0948. The molecule has 1 aromatic carbocycles. The second-order valence-corrected chi connectivity index (χ2v) is 7.50. The Morgan fingerprint density at radius 3 is 2.56 bits per heavy atom. The van der Waals surface area contributed by atoms with E-state index < -0.39 is 17.4 Å². The lowest BCUT2D eigenvalue weighted by Crippen LogP contribution is -2.32. The maximum Gasteiger partial charge on any atom is 0.337 e. The standard InChI is InChI=1S/C18H16ClN3O4S/c1-9(2)15-21-16-14(12(8-27-16)18(25)26)17(24)22(15)7-13(23)20-11-5-3-10(19)4-6-11/h3-6,8-9H,7H2,1-2H3,(H,20,23)(H,25,26). The Hall–Kier alpha value is -2.71. The van der Waals surface area contributed by atoms with Gasteiger partial charge in [0.15, 0.2) is 0 Å². The van der Waals surface area contributed by atoms with Gasteiger partial charge in [-0.25, -0.2) is 9.78 Å². The molecule has 1 amide bonds. The number of carboxylic acids is 1. The van der Waals surface area contributed by atoms with Gasteiger partial charge in [0.2, 0.25) is 5.91 Å². The van der Waals surface area contributed by atoms with Crippen molar-refractivity contribution in [2.45, 2.75) is 26.3 Å². The molecule has 9 heteroatoms. The summed E-state index contributed by atoms with van der Waals surface area (Å²) in [4.78, 5) is 41.6. The fraction of sp³-hybridized carbons (Fsp3) is 0.222. The van der Waals surface area contributed by atoms with Gasteiger partial charge in [-0.3, -0.25) is 14.2 Å². The number of carbonyl (C=O) groups is 2. The third kappa shape index (κ3) is 3.86. The van der Waals surface area contributed by atoms with Crippen LogP contribution in [0.15, 0.2) is 34.4 Å². The average molecular weight is 406 g/mol. The molecule has 2 heterocycles. The number of hydrogen-bond donors (Lipinski definition) is 2. The van der Waals surface area contributed by atoms with Gasteiger partial charge in [-0.05, 0) is 24.3 Å². The average Bonchev–Trinajstić information content (AvgIpc) is 3.03. The van der Waals surface area contributed by atoms with Crippen molar-refractivity contribution in [3.63, 3.8) is 0 Å². The Labute approximate surface area is 163 Å². The molecule has 0 bridgehead atoms. The maximum atomic E-state index is 12.9. The third-order valence-corrected chi connectivity index (χ3v) is 5.02. The van der Waals surface area contributed by atoms with Gasteiger partial charge in [-0.15, -0.1) is 11.3 Å². The summed E-state index contributed by atoms with van der Waals surface area (Å²) in [5.74, 6) is -1.32. The first-order valence-electron chi connectivity index (χ1n) is 8.08. The molecule has 27 heavy (non-hydrogen) atoms. The van der Waals surface area contributed by atoms with Crippen LogP contribution in [-0.4, -0.2) is 26.5 Å². The number of thiophene rings is 1. The summed E-state index contributed by atoms with van der Waals surface area (Å²) >= 11 is 6.93. The first kappa shape index (κ1) is 19.1. The van der Waals surface area contributed by atoms with Gasteiger partial charge in [0, 0.05) is 22.0 Å². The lowest BCUT2D eigenvalue weighted by molar-refractivity contribution is -0.116. The number of benzene rings is 1. The smallest absolute Gasteiger partial charge is 0.337 e. The van der Waals surface area contributed by atoms with Crippen molar-refractivity contribution in [3.8, 4) is 0 Å². The third-order valence-electron chi connectivity index (χ3n) is 3.90. The number of nitrogens with zero attached hydrogens (tertiary/aromatic N) is 2. The van der Waals surface area contributed by atoms with E-state index in [9.17, 15) is 19.5 Å². The van der Waals surface area contributed by atoms with E-state index in [4.69, 9.17) is 11.6 Å². The van der Waals surface area contributed by atoms with E-state index in [1.807, 2.05) is 13.8 Å². The Morgan fingerprint density at radius 2 is 1.96 bits per heavy atom. The lowest BCUT2D eigenvalue weighted by atomic mass is 10.2. The van der Waals surface area contributed by atoms with Gasteiger partial charge >= 0.3 is 5.97 Å². The Bertz CT molecular complexity index is 1090. The monoisotopic (exact) mass is 405 g/mol. The number of halogens is 1. The van der Waals surface area contributed by atoms with Crippen molar-refractivity contribution in [1.29, 1.82) is 0 Å². The van der Waals surface area contributed by atoms with Crippen molar-refractivity contribution >= 4 is 50.7 Å². The zero-order valence-electron chi connectivity index (χ0n) is 14.5. The van der Waals surface area contributed by atoms with Crippen LogP contribution in [0.1, 0.15) is 35.9 Å². The predicted octanol–water partition coefficient (Wildman–Crippen LogP) is 3.57. The topological polar surface area (TPSA) is 101 Å². The Kier molecular flexibility index (Phi) is 5.29. The molecule has 0 radical (unpaired) electrons. The van der Waals surface area contributed by atoms with Crippen LogP contribution in [0.5, 0.6) is 0 Å². The number of aromatic nitrogens is 2. The minimum Gasteiger partial charge on any atom is -0.478 e. The highest BCUT2D eigenvalue weighted by Crippen LogP contribution is 2.24. The van der Waals surface area contributed by atoms with Crippen LogP contribution in [0.25, 0.3) is 10.2 Å². The number of anilines is 1. The number of fused-ring (bicyclic) bond motifs is 1. The van der Waals surface area contributed by atoms with Gasteiger partial charge in [0.1, 0.15) is 17.2 Å². The molecule has 0 unspecified atom stereocenters. The summed E-state index contributed by atoms with van der Waals surface area (Å²) < 4.78 is 1.23. The van der Waals surface area contributed by atoms with E-state index in [1.165, 1.54) is 9.95 Å². The fourth-order valence-electron chi connectivity index (χ4n) is 2.67. The van der Waals surface area contributed by atoms with Crippen molar-refractivity contribution in [3.05, 3.63) is 56.4 Å². The minimum absolute atomic E-state index is 0.0243. The van der Waals surface area contributed by atoms with Crippen LogP contribution < -0.4 is 10.9 Å². The first-order chi connectivity index (χ1) is 12.8. The van der Waals surface area contributed by atoms with Crippen LogP contribution >= 0.6 is 22.9 Å². The molecule has 2 aromatic heterocycles. The van der Waals surface area contributed by atoms with Gasteiger partial charge < -0.3 is 10.4 Å². The Morgan fingerprint density at radius 1 is 1.30 bits per heavy atom. The maximum absolute atomic E-state index is 12.9. The summed E-state index contributed by atoms with van der Waals surface area (Å²) in [6.45, 7) is 3.44. The summed E-state index contributed by atoms with van der Waals surface area (Å²) in [6, 6.07) is 6.58. The molecule has 7 nitrogen and oxygen atoms in total. The molecule has 140 valence electrons. The molecular formula is C18H16ClN3O4S. The van der Waals surface area contributed by atoms with Gasteiger partial charge in [-0.1, -0.05) is 25.4 Å². The van der Waals surface area contributed by atoms with Crippen LogP contribution in [-0.2, 0) is 11.3 Å². The van der Waals surface area contributed by atoms with E-state index in [0.717, 1.165) is 11.3 Å². The van der Waals surface area contributed by atoms with Crippen LogP contribution in [0.3, 0.4) is 0 Å². The first-order valence-corrected chi connectivity index (χ1v) is 9.34. The van der Waals surface area contributed by atoms with Gasteiger partial charge in [0.25, 0.3) is 5.56 Å². The van der Waals surface area contributed by atoms with E-state index in [0.29, 0.717) is 21.4 Å². The second kappa shape index (κ2) is 7.50. The number of aromatic carboxylic acids is 1. The normalized spacial score (nSPS) is 11.1. The number of nitrogens with one attached hydrogen (secondary N) is 1. The molecule has 0 saturated heterocycles. The largest absolute Gasteiger partial charge is 0.478 e. The van der Waals surface area contributed by atoms with Gasteiger partial charge in [-0.2, -0.15) is 0 Å². The quantitative estimate of drug-likeness (QED) is 0.675. The van der Waals surface area contributed by atoms with Crippen molar-refractivity contribution < 1.29 is 14.7 Å². The SMILES string of the molecule is CC(C)c1nc2scc(C(=O)O)c2c(=O)n1CC(=O)Nc1ccc(Cl)cc1. The molecule has 0 atom stereocenters. The van der Waals surface area contributed by atoms with Gasteiger partial charge in [0.05, 0.1) is 10.9 Å². The van der Waals surface area contributed by atoms with Crippen molar-refractivity contribution in [2.24, 2.45) is 0 Å². The summed E-state index contributed by atoms with van der Waals surface area (Å²) in [7, 11) is 0. The zero-order chi connectivity index (χ0) is 19.7. The molecule has 0 aliphatic heterocycles. The molecule has 0 aliphatic rings. The molecule has 0 spiro atoms. The van der Waals surface area contributed by atoms with E-state index >= 15 is 0 Å². The van der Waals surface area contributed by atoms with E-state index in [1.54, 1.807) is 24.3 Å². The Balaban J connectivity index is 2.02. The summed E-state index contributed by atoms with van der Waals surface area (Å²) in [5, 5.41) is 14.0. The number of amides is 1. The van der Waals surface area contributed by atoms with Crippen LogP contribution in [0.2, 0.25) is 5.02 Å². The highest BCUT2D eigenvalue weighted by atomic mass is 35.5. The molecule has 0 saturated carbocycles. The zero-order valence-corrected chi connectivity index (χ0v) is 16.1. The molecule has 0 aliphatic carbocycles. The number of hydrogen-bond acceptors (Lipinski definition) is 5. The van der Waals surface area contributed by atoms with Crippen LogP contribution in [0, 0.1) is 0 Å². The number of carboxylic acid groups (broad SMARTS) is 1. The highest BCUT2D eigenvalue weighted by Gasteiger charge is 2.22. The summed E-state index contributed by atoms with van der Waals surface area (Å²) in [6.07, 6.45) is 0. The predicted molar refractivity (Wildman–Crippen MR) is 105 cm³/mol. The number of carbonyl (C=O) groups excluding carboxylic acids is 1. The fourth-order valence-corrected chi connectivity index (χ4v) is 3.70. The molecular weight excluding hydrogens is 390 g/mol. The number of rotatable bonds is 5. The molecule has 3 aromatic rings. The molecule has 0 fully saturated rings. The molecule has 2 N–H and O–H groups in total. The van der Waals surface area contributed by atoms with Crippen molar-refractivity contribution in [2.75, 3.05) is 5.32 Å². The lowest BCUT2D eigenvalue weighted by Gasteiger charge is -2.15.